The molecule has 0 radical (unpaired) electrons. The number of hydrogen-bond donors (Lipinski definition) is 1. The summed E-state index contributed by atoms with van der Waals surface area (Å²) in [5, 5.41) is 9.61. The van der Waals surface area contributed by atoms with Crippen LogP contribution in [0.2, 0.25) is 5.02 Å². The van der Waals surface area contributed by atoms with Gasteiger partial charge in [0, 0.05) is 18.6 Å². The highest BCUT2D eigenvalue weighted by molar-refractivity contribution is 6.30. The molecule has 0 saturated carbocycles. The number of hydrogen-bond acceptors (Lipinski definition) is 3. The lowest BCUT2D eigenvalue weighted by molar-refractivity contribution is 0.0762. The molecule has 0 spiro atoms. The lowest BCUT2D eigenvalue weighted by Gasteiger charge is -2.18. The predicted molar refractivity (Wildman–Crippen MR) is 86.3 cm³/mol. The maximum absolute atomic E-state index is 12.3. The maximum Gasteiger partial charge on any atom is 0.257 e. The van der Waals surface area contributed by atoms with Crippen LogP contribution in [0.1, 0.15) is 15.9 Å². The molecule has 0 saturated heterocycles. The minimum absolute atomic E-state index is 0.0734. The first-order chi connectivity index (χ1) is 10.6. The Morgan fingerprint density at radius 3 is 2.55 bits per heavy atom. The molecule has 1 N–H and O–H groups in total. The van der Waals surface area contributed by atoms with Gasteiger partial charge in [0.25, 0.3) is 5.91 Å². The van der Waals surface area contributed by atoms with Gasteiger partial charge in [-0.1, -0.05) is 35.9 Å². The highest BCUT2D eigenvalue weighted by atomic mass is 35.5. The molecule has 2 rings (SSSR count). The summed E-state index contributed by atoms with van der Waals surface area (Å²) in [5.41, 5.74) is 1.45. The fourth-order valence-corrected chi connectivity index (χ4v) is 2.09. The number of aliphatic hydroxyl groups is 1. The first kappa shape index (κ1) is 16.3. The molecule has 0 aromatic heterocycles. The van der Waals surface area contributed by atoms with Gasteiger partial charge in [-0.15, -0.1) is 0 Å². The van der Waals surface area contributed by atoms with Crippen molar-refractivity contribution in [3.63, 3.8) is 0 Å². The summed E-state index contributed by atoms with van der Waals surface area (Å²) >= 11 is 5.85. The van der Waals surface area contributed by atoms with E-state index < -0.39 is 0 Å². The Bertz CT molecular complexity index is 628. The third-order valence-electron chi connectivity index (χ3n) is 3.21. The Balaban J connectivity index is 2.11. The molecule has 22 heavy (non-hydrogen) atoms. The summed E-state index contributed by atoms with van der Waals surface area (Å²) < 4.78 is 5.76. The van der Waals surface area contributed by atoms with Crippen molar-refractivity contribution in [2.75, 3.05) is 20.2 Å². The lowest BCUT2D eigenvalue weighted by atomic mass is 10.1. The molecule has 0 atom stereocenters. The zero-order valence-corrected chi connectivity index (χ0v) is 13.1. The van der Waals surface area contributed by atoms with Crippen molar-refractivity contribution < 1.29 is 14.6 Å². The summed E-state index contributed by atoms with van der Waals surface area (Å²) in [6.07, 6.45) is 0. The van der Waals surface area contributed by atoms with Crippen LogP contribution in [-0.4, -0.2) is 36.1 Å². The fourth-order valence-electron chi connectivity index (χ4n) is 1.97. The standard InChI is InChI=1S/C17H18ClNO3/c1-19(10-11-20)17(21)15-4-2-3-5-16(15)22-12-13-6-8-14(18)9-7-13/h2-9,20H,10-12H2,1H3. The van der Waals surface area contributed by atoms with Crippen LogP contribution in [0.15, 0.2) is 48.5 Å². The molecule has 5 heteroatoms. The summed E-state index contributed by atoms with van der Waals surface area (Å²) in [4.78, 5) is 13.8. The van der Waals surface area contributed by atoms with E-state index in [1.807, 2.05) is 18.2 Å². The van der Waals surface area contributed by atoms with Crippen LogP contribution in [0, 0.1) is 0 Å². The molecule has 2 aromatic carbocycles. The maximum atomic E-state index is 12.3. The monoisotopic (exact) mass is 319 g/mol. The number of benzene rings is 2. The molecule has 0 fully saturated rings. The zero-order chi connectivity index (χ0) is 15.9. The molecule has 0 aliphatic rings. The van der Waals surface area contributed by atoms with E-state index in [0.717, 1.165) is 5.56 Å². The first-order valence-corrected chi connectivity index (χ1v) is 7.32. The molecule has 0 bridgehead atoms. The van der Waals surface area contributed by atoms with Crippen molar-refractivity contribution >= 4 is 17.5 Å². The van der Waals surface area contributed by atoms with E-state index >= 15 is 0 Å². The van der Waals surface area contributed by atoms with Crippen molar-refractivity contribution in [1.29, 1.82) is 0 Å². The van der Waals surface area contributed by atoms with Gasteiger partial charge in [0.1, 0.15) is 12.4 Å². The summed E-state index contributed by atoms with van der Waals surface area (Å²) in [5.74, 6) is 0.341. The van der Waals surface area contributed by atoms with Crippen LogP contribution in [0.4, 0.5) is 0 Å². The smallest absolute Gasteiger partial charge is 0.257 e. The van der Waals surface area contributed by atoms with Crippen LogP contribution in [0.5, 0.6) is 5.75 Å². The number of ether oxygens (including phenoxy) is 1. The van der Waals surface area contributed by atoms with E-state index in [9.17, 15) is 4.79 Å². The third kappa shape index (κ3) is 4.23. The largest absolute Gasteiger partial charge is 0.488 e. The van der Waals surface area contributed by atoms with Gasteiger partial charge in [0.2, 0.25) is 0 Å². The second-order valence-corrected chi connectivity index (χ2v) is 5.30. The predicted octanol–water partition coefficient (Wildman–Crippen LogP) is 2.98. The number of nitrogens with zero attached hydrogens (tertiary/aromatic N) is 1. The third-order valence-corrected chi connectivity index (χ3v) is 3.46. The van der Waals surface area contributed by atoms with Gasteiger partial charge in [-0.3, -0.25) is 4.79 Å². The van der Waals surface area contributed by atoms with Gasteiger partial charge in [0.05, 0.1) is 12.2 Å². The molecular weight excluding hydrogens is 302 g/mol. The molecular formula is C17H18ClNO3. The molecule has 0 unspecified atom stereocenters. The molecule has 0 heterocycles. The zero-order valence-electron chi connectivity index (χ0n) is 12.3. The van der Waals surface area contributed by atoms with E-state index in [1.54, 1.807) is 37.4 Å². The van der Waals surface area contributed by atoms with Gasteiger partial charge < -0.3 is 14.7 Å². The highest BCUT2D eigenvalue weighted by Crippen LogP contribution is 2.21. The number of carbonyl (C=O) groups excluding carboxylic acids is 1. The number of para-hydroxylation sites is 1. The van der Waals surface area contributed by atoms with Crippen LogP contribution in [0.3, 0.4) is 0 Å². The average Bonchev–Trinajstić information content (AvgIpc) is 2.54. The number of likely N-dealkylation sites (N-methyl/N-ethyl adjacent to an activating group) is 1. The van der Waals surface area contributed by atoms with Gasteiger partial charge in [0.15, 0.2) is 0 Å². The number of carbonyl (C=O) groups is 1. The number of aliphatic hydroxyl groups excluding tert-OH is 1. The SMILES string of the molecule is CN(CCO)C(=O)c1ccccc1OCc1ccc(Cl)cc1. The van der Waals surface area contributed by atoms with E-state index in [4.69, 9.17) is 21.4 Å². The molecule has 0 aliphatic carbocycles. The van der Waals surface area contributed by atoms with Crippen molar-refractivity contribution in [2.45, 2.75) is 6.61 Å². The normalized spacial score (nSPS) is 10.3. The van der Waals surface area contributed by atoms with E-state index in [-0.39, 0.29) is 19.1 Å². The van der Waals surface area contributed by atoms with Crippen LogP contribution in [0.25, 0.3) is 0 Å². The van der Waals surface area contributed by atoms with Gasteiger partial charge >= 0.3 is 0 Å². The first-order valence-electron chi connectivity index (χ1n) is 6.94. The molecule has 1 amide bonds. The highest BCUT2D eigenvalue weighted by Gasteiger charge is 2.16. The second kappa shape index (κ2) is 7.82. The number of rotatable bonds is 6. The molecule has 0 aliphatic heterocycles. The van der Waals surface area contributed by atoms with Crippen LogP contribution >= 0.6 is 11.6 Å². The van der Waals surface area contributed by atoms with Crippen molar-refractivity contribution in [1.82, 2.24) is 4.90 Å². The minimum atomic E-state index is -0.180. The van der Waals surface area contributed by atoms with Crippen molar-refractivity contribution in [3.8, 4) is 5.75 Å². The topological polar surface area (TPSA) is 49.8 Å². The Kier molecular flexibility index (Phi) is 5.81. The Morgan fingerprint density at radius 1 is 1.18 bits per heavy atom. The summed E-state index contributed by atoms with van der Waals surface area (Å²) in [7, 11) is 1.65. The Hall–Kier alpha value is -2.04. The van der Waals surface area contributed by atoms with Gasteiger partial charge in [-0.05, 0) is 29.8 Å². The number of amides is 1. The summed E-state index contributed by atoms with van der Waals surface area (Å²) in [6.45, 7) is 0.561. The fraction of sp³-hybridized carbons (Fsp3) is 0.235. The molecule has 2 aromatic rings. The van der Waals surface area contributed by atoms with Crippen LogP contribution in [-0.2, 0) is 6.61 Å². The second-order valence-electron chi connectivity index (χ2n) is 4.86. The Labute approximate surface area is 134 Å². The molecule has 116 valence electrons. The minimum Gasteiger partial charge on any atom is -0.488 e. The Morgan fingerprint density at radius 2 is 1.86 bits per heavy atom. The van der Waals surface area contributed by atoms with E-state index in [0.29, 0.717) is 22.9 Å². The van der Waals surface area contributed by atoms with Gasteiger partial charge in [-0.2, -0.15) is 0 Å². The quantitative estimate of drug-likeness (QED) is 0.890. The van der Waals surface area contributed by atoms with Crippen molar-refractivity contribution in [2.24, 2.45) is 0 Å². The van der Waals surface area contributed by atoms with E-state index in [2.05, 4.69) is 0 Å². The summed E-state index contributed by atoms with van der Waals surface area (Å²) in [6, 6.07) is 14.4. The van der Waals surface area contributed by atoms with E-state index in [1.165, 1.54) is 4.90 Å². The van der Waals surface area contributed by atoms with Crippen molar-refractivity contribution in [3.05, 3.63) is 64.7 Å². The number of halogens is 1. The van der Waals surface area contributed by atoms with Gasteiger partial charge in [-0.25, -0.2) is 0 Å². The average molecular weight is 320 g/mol. The lowest BCUT2D eigenvalue weighted by Crippen LogP contribution is -2.29. The molecule has 4 nitrogen and oxygen atoms in total. The van der Waals surface area contributed by atoms with Crippen LogP contribution < -0.4 is 4.74 Å².